The lowest BCUT2D eigenvalue weighted by Crippen LogP contribution is -2.49. The van der Waals surface area contributed by atoms with Gasteiger partial charge in [0, 0.05) is 16.9 Å². The van der Waals surface area contributed by atoms with Gasteiger partial charge in [0.15, 0.2) is 12.1 Å². The number of nitrogens with one attached hydrogen (secondary N) is 2. The number of amides is 2. The zero-order valence-corrected chi connectivity index (χ0v) is 16.7. The molecule has 7 nitrogen and oxygen atoms in total. The summed E-state index contributed by atoms with van der Waals surface area (Å²) in [7, 11) is 0. The van der Waals surface area contributed by atoms with E-state index >= 15 is 0 Å². The van der Waals surface area contributed by atoms with Crippen LogP contribution in [0, 0.1) is 0 Å². The number of rotatable bonds is 6. The first-order valence-corrected chi connectivity index (χ1v) is 9.40. The van der Waals surface area contributed by atoms with Gasteiger partial charge in [-0.2, -0.15) is 5.10 Å². The number of aromatic nitrogens is 2. The predicted octanol–water partition coefficient (Wildman–Crippen LogP) is 2.85. The maximum Gasteiger partial charge on any atom is 0.279 e. The molecule has 0 aliphatic carbocycles. The number of halogens is 1. The summed E-state index contributed by atoms with van der Waals surface area (Å²) in [6.07, 6.45) is 2.49. The monoisotopic (exact) mass is 442 g/mol. The molecule has 2 aromatic carbocycles. The normalized spacial score (nSPS) is 12.6. The zero-order chi connectivity index (χ0) is 19.9. The smallest absolute Gasteiger partial charge is 0.279 e. The highest BCUT2D eigenvalue weighted by atomic mass is 79.9. The molecule has 0 spiro atoms. The van der Waals surface area contributed by atoms with Gasteiger partial charge in [0.25, 0.3) is 11.8 Å². The summed E-state index contributed by atoms with van der Waals surface area (Å²) < 4.78 is 7.97. The molecule has 0 fully saturated rings. The number of hydrogen-bond acceptors (Lipinski definition) is 4. The molecule has 1 heterocycles. The maximum atomic E-state index is 12.7. The minimum absolute atomic E-state index is 0.419. The highest BCUT2D eigenvalue weighted by Gasteiger charge is 2.24. The summed E-state index contributed by atoms with van der Waals surface area (Å²) in [5, 5.41) is 4.15. The van der Waals surface area contributed by atoms with E-state index in [1.807, 2.05) is 36.4 Å². The van der Waals surface area contributed by atoms with Crippen LogP contribution in [0.2, 0.25) is 0 Å². The van der Waals surface area contributed by atoms with Gasteiger partial charge in [-0.15, -0.1) is 0 Å². The molecule has 28 heavy (non-hydrogen) atoms. The van der Waals surface area contributed by atoms with Crippen LogP contribution in [0.25, 0.3) is 0 Å². The second-order valence-corrected chi connectivity index (χ2v) is 6.91. The molecule has 8 heteroatoms. The Kier molecular flexibility index (Phi) is 6.44. The van der Waals surface area contributed by atoms with Gasteiger partial charge in [-0.3, -0.25) is 25.1 Å². The van der Waals surface area contributed by atoms with E-state index in [1.165, 1.54) is 4.68 Å². The van der Waals surface area contributed by atoms with E-state index < -0.39 is 24.0 Å². The molecule has 0 saturated heterocycles. The highest BCUT2D eigenvalue weighted by molar-refractivity contribution is 9.10. The van der Waals surface area contributed by atoms with Crippen LogP contribution in [0.3, 0.4) is 0 Å². The third kappa shape index (κ3) is 4.98. The molecule has 0 aliphatic rings. The third-order valence-electron chi connectivity index (χ3n) is 3.94. The van der Waals surface area contributed by atoms with Crippen molar-refractivity contribution in [3.63, 3.8) is 0 Å². The van der Waals surface area contributed by atoms with Crippen LogP contribution in [0.15, 0.2) is 77.5 Å². The Hall–Kier alpha value is -3.13. The van der Waals surface area contributed by atoms with Crippen molar-refractivity contribution < 1.29 is 14.3 Å². The SMILES string of the molecule is CC(Oc1cccc(Br)c1)C(=O)NNC(=O)C(c1ccccc1)n1cccn1. The number of carbonyl (C=O) groups is 2. The highest BCUT2D eigenvalue weighted by Crippen LogP contribution is 2.19. The molecule has 0 aliphatic heterocycles. The fraction of sp³-hybridized carbons (Fsp3) is 0.150. The van der Waals surface area contributed by atoms with E-state index in [4.69, 9.17) is 4.74 Å². The number of ether oxygens (including phenoxy) is 1. The van der Waals surface area contributed by atoms with Crippen LogP contribution in [-0.4, -0.2) is 27.7 Å². The van der Waals surface area contributed by atoms with Gasteiger partial charge in [-0.05, 0) is 36.8 Å². The molecule has 0 radical (unpaired) electrons. The van der Waals surface area contributed by atoms with Crippen molar-refractivity contribution in [2.24, 2.45) is 0 Å². The first kappa shape index (κ1) is 19.6. The second kappa shape index (κ2) is 9.18. The Morgan fingerprint density at radius 2 is 1.79 bits per heavy atom. The summed E-state index contributed by atoms with van der Waals surface area (Å²) in [6, 6.07) is 17.4. The molecular formula is C20H19BrN4O3. The van der Waals surface area contributed by atoms with Gasteiger partial charge in [0.1, 0.15) is 5.75 Å². The van der Waals surface area contributed by atoms with Gasteiger partial charge >= 0.3 is 0 Å². The Balaban J connectivity index is 1.63. The lowest BCUT2D eigenvalue weighted by atomic mass is 10.1. The van der Waals surface area contributed by atoms with Gasteiger partial charge in [-0.1, -0.05) is 52.3 Å². The van der Waals surface area contributed by atoms with Crippen molar-refractivity contribution in [1.29, 1.82) is 0 Å². The topological polar surface area (TPSA) is 85.3 Å². The molecule has 3 rings (SSSR count). The summed E-state index contributed by atoms with van der Waals surface area (Å²) in [6.45, 7) is 1.60. The van der Waals surface area contributed by atoms with E-state index in [-0.39, 0.29) is 0 Å². The maximum absolute atomic E-state index is 12.7. The molecule has 3 aromatic rings. The van der Waals surface area contributed by atoms with Crippen LogP contribution in [0.1, 0.15) is 18.5 Å². The molecule has 0 bridgehead atoms. The van der Waals surface area contributed by atoms with Crippen molar-refractivity contribution in [2.45, 2.75) is 19.1 Å². The number of hydrogen-bond donors (Lipinski definition) is 2. The third-order valence-corrected chi connectivity index (χ3v) is 4.43. The van der Waals surface area contributed by atoms with Crippen molar-refractivity contribution >= 4 is 27.7 Å². The van der Waals surface area contributed by atoms with E-state index in [1.54, 1.807) is 43.6 Å². The van der Waals surface area contributed by atoms with Crippen molar-refractivity contribution in [2.75, 3.05) is 0 Å². The Morgan fingerprint density at radius 3 is 2.46 bits per heavy atom. The van der Waals surface area contributed by atoms with Crippen molar-refractivity contribution in [1.82, 2.24) is 20.6 Å². The van der Waals surface area contributed by atoms with Crippen LogP contribution >= 0.6 is 15.9 Å². The van der Waals surface area contributed by atoms with Gasteiger partial charge < -0.3 is 4.74 Å². The lowest BCUT2D eigenvalue weighted by molar-refractivity contribution is -0.133. The first-order chi connectivity index (χ1) is 13.5. The van der Waals surface area contributed by atoms with E-state index in [0.717, 1.165) is 10.0 Å². The summed E-state index contributed by atoms with van der Waals surface area (Å²) in [5.41, 5.74) is 5.62. The molecule has 1 aromatic heterocycles. The van der Waals surface area contributed by atoms with Crippen molar-refractivity contribution in [3.8, 4) is 5.75 Å². The average Bonchev–Trinajstić information content (AvgIpc) is 3.21. The molecule has 2 unspecified atom stereocenters. The molecule has 144 valence electrons. The Labute approximate surface area is 170 Å². The van der Waals surface area contributed by atoms with E-state index in [9.17, 15) is 9.59 Å². The standard InChI is InChI=1S/C20H19BrN4O3/c1-14(28-17-10-5-9-16(21)13-17)19(26)23-24-20(27)18(25-12-6-11-22-25)15-7-3-2-4-8-15/h2-14,18H,1H3,(H,23,26)(H,24,27). The lowest BCUT2D eigenvalue weighted by Gasteiger charge is -2.19. The molecule has 2 atom stereocenters. The summed E-state index contributed by atoms with van der Waals surface area (Å²) in [4.78, 5) is 25.0. The Bertz CT molecular complexity index is 932. The summed E-state index contributed by atoms with van der Waals surface area (Å²) in [5.74, 6) is -0.347. The fourth-order valence-corrected chi connectivity index (χ4v) is 2.96. The largest absolute Gasteiger partial charge is 0.481 e. The van der Waals surface area contributed by atoms with Gasteiger partial charge in [0.05, 0.1) is 0 Å². The average molecular weight is 443 g/mol. The Morgan fingerprint density at radius 1 is 1.04 bits per heavy atom. The minimum atomic E-state index is -0.797. The van der Waals surface area contributed by atoms with E-state index in [0.29, 0.717) is 5.75 Å². The predicted molar refractivity (Wildman–Crippen MR) is 107 cm³/mol. The first-order valence-electron chi connectivity index (χ1n) is 8.60. The number of benzene rings is 2. The second-order valence-electron chi connectivity index (χ2n) is 6.00. The van der Waals surface area contributed by atoms with Crippen molar-refractivity contribution in [3.05, 3.63) is 83.1 Å². The summed E-state index contributed by atoms with van der Waals surface area (Å²) >= 11 is 3.35. The molecule has 2 amide bonds. The van der Waals surface area contributed by atoms with E-state index in [2.05, 4.69) is 31.9 Å². The zero-order valence-electron chi connectivity index (χ0n) is 15.1. The number of hydrazine groups is 1. The molecular weight excluding hydrogens is 424 g/mol. The van der Waals surface area contributed by atoms with Gasteiger partial charge in [-0.25, -0.2) is 0 Å². The minimum Gasteiger partial charge on any atom is -0.481 e. The van der Waals surface area contributed by atoms with Crippen LogP contribution < -0.4 is 15.6 Å². The van der Waals surface area contributed by atoms with Crippen LogP contribution in [0.5, 0.6) is 5.75 Å². The number of nitrogens with zero attached hydrogens (tertiary/aromatic N) is 2. The quantitative estimate of drug-likeness (QED) is 0.574. The fourth-order valence-electron chi connectivity index (χ4n) is 2.58. The van der Waals surface area contributed by atoms with Crippen LogP contribution in [0.4, 0.5) is 0 Å². The van der Waals surface area contributed by atoms with Crippen LogP contribution in [-0.2, 0) is 9.59 Å². The number of carbonyl (C=O) groups excluding carboxylic acids is 2. The molecule has 2 N–H and O–H groups in total. The molecule has 0 saturated carbocycles. The van der Waals surface area contributed by atoms with Gasteiger partial charge in [0.2, 0.25) is 0 Å².